The third kappa shape index (κ3) is 5.93. The van der Waals surface area contributed by atoms with Crippen molar-refractivity contribution in [3.05, 3.63) is 112 Å². The van der Waals surface area contributed by atoms with Crippen LogP contribution in [0.3, 0.4) is 0 Å². The Morgan fingerprint density at radius 3 is 2.28 bits per heavy atom. The summed E-state index contributed by atoms with van der Waals surface area (Å²) in [5.41, 5.74) is 12.4. The molecule has 7 heteroatoms. The number of anilines is 2. The Hall–Kier alpha value is -4.10. The number of nitrogens with two attached hydrogens (primary N) is 1. The smallest absolute Gasteiger partial charge is 0.227 e. The number of primary amides is 1. The Bertz CT molecular complexity index is 1500. The molecule has 0 aliphatic heterocycles. The van der Waals surface area contributed by atoms with Crippen LogP contribution in [-0.4, -0.2) is 20.9 Å². The molecule has 36 heavy (non-hydrogen) atoms. The molecule has 0 aliphatic carbocycles. The summed E-state index contributed by atoms with van der Waals surface area (Å²) in [5, 5.41) is 4.35. The zero-order valence-corrected chi connectivity index (χ0v) is 20.9. The van der Waals surface area contributed by atoms with E-state index in [0.29, 0.717) is 18.8 Å². The number of thiazole rings is 1. The summed E-state index contributed by atoms with van der Waals surface area (Å²) in [6, 6.07) is 26.4. The van der Waals surface area contributed by atoms with E-state index in [1.54, 1.807) is 11.3 Å². The first kappa shape index (κ1) is 23.6. The summed E-state index contributed by atoms with van der Waals surface area (Å²) in [7, 11) is 0. The lowest BCUT2D eigenvalue weighted by atomic mass is 10.1. The Balaban J connectivity index is 1.43. The lowest BCUT2D eigenvalue weighted by Crippen LogP contribution is -2.13. The number of benzene rings is 3. The molecule has 0 saturated carbocycles. The van der Waals surface area contributed by atoms with Crippen molar-refractivity contribution in [2.75, 3.05) is 5.32 Å². The van der Waals surface area contributed by atoms with E-state index in [1.807, 2.05) is 42.5 Å². The molecule has 3 aromatic carbocycles. The van der Waals surface area contributed by atoms with E-state index >= 15 is 0 Å². The van der Waals surface area contributed by atoms with Crippen LogP contribution >= 0.6 is 11.3 Å². The first-order valence-corrected chi connectivity index (χ1v) is 12.8. The standard InChI is InChI=1S/C29H27N5OS/c1-2-19-10-13-25-26(15-19)36-28(34-25)18-24-17-23(14-20-6-4-3-5-7-20)32-29(33-24)31-22-11-8-21(9-12-22)16-27(30)35/h3-13,15,17H,2,14,16,18H2,1H3,(H2,30,35)(H,31,32,33). The number of aryl methyl sites for hydroxylation is 1. The van der Waals surface area contributed by atoms with Gasteiger partial charge in [0.15, 0.2) is 0 Å². The van der Waals surface area contributed by atoms with Crippen LogP contribution < -0.4 is 11.1 Å². The second-order valence-corrected chi connectivity index (χ2v) is 9.86. The Kier molecular flexibility index (Phi) is 7.00. The van der Waals surface area contributed by atoms with Crippen molar-refractivity contribution in [1.82, 2.24) is 15.0 Å². The normalized spacial score (nSPS) is 11.0. The fourth-order valence-electron chi connectivity index (χ4n) is 4.10. The third-order valence-corrected chi connectivity index (χ3v) is 6.90. The van der Waals surface area contributed by atoms with Gasteiger partial charge >= 0.3 is 0 Å². The van der Waals surface area contributed by atoms with Crippen molar-refractivity contribution in [3.63, 3.8) is 0 Å². The summed E-state index contributed by atoms with van der Waals surface area (Å²) in [5.74, 6) is 0.188. The summed E-state index contributed by atoms with van der Waals surface area (Å²) in [6.07, 6.45) is 2.57. The minimum absolute atomic E-state index is 0.218. The molecular weight excluding hydrogens is 466 g/mol. The van der Waals surface area contributed by atoms with Gasteiger partial charge in [0.1, 0.15) is 0 Å². The zero-order chi connectivity index (χ0) is 24.9. The number of hydrogen-bond acceptors (Lipinski definition) is 6. The van der Waals surface area contributed by atoms with E-state index in [9.17, 15) is 4.79 Å². The SMILES string of the molecule is CCc1ccc2nc(Cc3cc(Cc4ccccc4)nc(Nc4ccc(CC(N)=O)cc4)n3)sc2c1. The number of hydrogen-bond donors (Lipinski definition) is 2. The molecular formula is C29H27N5OS. The van der Waals surface area contributed by atoms with Crippen molar-refractivity contribution in [2.24, 2.45) is 5.73 Å². The van der Waals surface area contributed by atoms with Gasteiger partial charge in [0.25, 0.3) is 0 Å². The van der Waals surface area contributed by atoms with E-state index in [1.165, 1.54) is 15.8 Å². The average molecular weight is 494 g/mol. The molecule has 0 spiro atoms. The molecule has 180 valence electrons. The van der Waals surface area contributed by atoms with Crippen LogP contribution in [-0.2, 0) is 30.5 Å². The maximum Gasteiger partial charge on any atom is 0.227 e. The third-order valence-electron chi connectivity index (χ3n) is 5.89. The van der Waals surface area contributed by atoms with E-state index in [-0.39, 0.29) is 12.3 Å². The number of nitrogens with one attached hydrogen (secondary N) is 1. The van der Waals surface area contributed by atoms with Crippen LogP contribution in [0.4, 0.5) is 11.6 Å². The van der Waals surface area contributed by atoms with Crippen LogP contribution in [0.5, 0.6) is 0 Å². The molecule has 0 saturated heterocycles. The second kappa shape index (κ2) is 10.7. The molecule has 1 amide bonds. The molecule has 2 aromatic heterocycles. The van der Waals surface area contributed by atoms with Crippen LogP contribution in [0.15, 0.2) is 78.9 Å². The molecule has 0 aliphatic rings. The fraction of sp³-hybridized carbons (Fsp3) is 0.172. The summed E-state index contributed by atoms with van der Waals surface area (Å²) in [6.45, 7) is 2.16. The van der Waals surface area contributed by atoms with Gasteiger partial charge in [0, 0.05) is 18.5 Å². The highest BCUT2D eigenvalue weighted by Crippen LogP contribution is 2.26. The van der Waals surface area contributed by atoms with Crippen LogP contribution in [0, 0.1) is 0 Å². The van der Waals surface area contributed by atoms with Crippen molar-refractivity contribution in [3.8, 4) is 0 Å². The first-order chi connectivity index (χ1) is 17.5. The molecule has 0 atom stereocenters. The molecule has 5 aromatic rings. The number of fused-ring (bicyclic) bond motifs is 1. The van der Waals surface area contributed by atoms with Gasteiger partial charge in [-0.2, -0.15) is 0 Å². The molecule has 0 bridgehead atoms. The summed E-state index contributed by atoms with van der Waals surface area (Å²) in [4.78, 5) is 25.6. The minimum Gasteiger partial charge on any atom is -0.369 e. The molecule has 3 N–H and O–H groups in total. The van der Waals surface area contributed by atoms with Crippen LogP contribution in [0.1, 0.15) is 40.0 Å². The quantitative estimate of drug-likeness (QED) is 0.279. The minimum atomic E-state index is -0.349. The lowest BCUT2D eigenvalue weighted by Gasteiger charge is -2.10. The van der Waals surface area contributed by atoms with Crippen LogP contribution in [0.2, 0.25) is 0 Å². The topological polar surface area (TPSA) is 93.8 Å². The number of amides is 1. The van der Waals surface area contributed by atoms with Gasteiger partial charge in [0.05, 0.1) is 33.0 Å². The number of nitrogens with zero attached hydrogens (tertiary/aromatic N) is 3. The predicted octanol–water partition coefficient (Wildman–Crippen LogP) is 5.60. The number of carbonyl (C=O) groups excluding carboxylic acids is 1. The van der Waals surface area contributed by atoms with Gasteiger partial charge in [-0.05, 0) is 53.4 Å². The largest absolute Gasteiger partial charge is 0.369 e. The van der Waals surface area contributed by atoms with Gasteiger partial charge in [-0.15, -0.1) is 11.3 Å². The number of aromatic nitrogens is 3. The van der Waals surface area contributed by atoms with Gasteiger partial charge < -0.3 is 11.1 Å². The summed E-state index contributed by atoms with van der Waals surface area (Å²) >= 11 is 1.72. The van der Waals surface area contributed by atoms with E-state index in [0.717, 1.165) is 39.6 Å². The van der Waals surface area contributed by atoms with Gasteiger partial charge in [0.2, 0.25) is 11.9 Å². The van der Waals surface area contributed by atoms with Gasteiger partial charge in [-0.3, -0.25) is 4.79 Å². The highest BCUT2D eigenvalue weighted by atomic mass is 32.1. The number of carbonyl (C=O) groups is 1. The maximum atomic E-state index is 11.2. The average Bonchev–Trinajstić information content (AvgIpc) is 3.26. The van der Waals surface area contributed by atoms with Gasteiger partial charge in [-0.25, -0.2) is 15.0 Å². The molecule has 5 rings (SSSR count). The predicted molar refractivity (Wildman–Crippen MR) is 146 cm³/mol. The highest BCUT2D eigenvalue weighted by molar-refractivity contribution is 7.18. The zero-order valence-electron chi connectivity index (χ0n) is 20.1. The Labute approximate surface area is 214 Å². The Morgan fingerprint density at radius 1 is 0.833 bits per heavy atom. The second-order valence-electron chi connectivity index (χ2n) is 8.74. The molecule has 0 radical (unpaired) electrons. The maximum absolute atomic E-state index is 11.2. The van der Waals surface area contributed by atoms with E-state index in [2.05, 4.69) is 48.6 Å². The molecule has 6 nitrogen and oxygen atoms in total. The van der Waals surface area contributed by atoms with Crippen molar-refractivity contribution >= 4 is 39.1 Å². The monoisotopic (exact) mass is 493 g/mol. The van der Waals surface area contributed by atoms with E-state index < -0.39 is 0 Å². The van der Waals surface area contributed by atoms with E-state index in [4.69, 9.17) is 20.7 Å². The molecule has 0 fully saturated rings. The van der Waals surface area contributed by atoms with Crippen molar-refractivity contribution < 1.29 is 4.79 Å². The van der Waals surface area contributed by atoms with Crippen LogP contribution in [0.25, 0.3) is 10.2 Å². The van der Waals surface area contributed by atoms with Crippen molar-refractivity contribution in [1.29, 1.82) is 0 Å². The molecule has 0 unspecified atom stereocenters. The lowest BCUT2D eigenvalue weighted by molar-refractivity contribution is -0.117. The number of rotatable bonds is 9. The highest BCUT2D eigenvalue weighted by Gasteiger charge is 2.11. The van der Waals surface area contributed by atoms with Gasteiger partial charge in [-0.1, -0.05) is 55.5 Å². The first-order valence-electron chi connectivity index (χ1n) is 12.0. The summed E-state index contributed by atoms with van der Waals surface area (Å²) < 4.78 is 1.21. The fourth-order valence-corrected chi connectivity index (χ4v) is 5.15. The Morgan fingerprint density at radius 2 is 1.56 bits per heavy atom. The molecule has 2 heterocycles. The van der Waals surface area contributed by atoms with Crippen molar-refractivity contribution in [2.45, 2.75) is 32.6 Å².